The monoisotopic (exact) mass is 286 g/mol. The van der Waals surface area contributed by atoms with Crippen molar-refractivity contribution in [3.63, 3.8) is 0 Å². The molecule has 0 radical (unpaired) electrons. The number of rotatable bonds is 6. The first-order valence-corrected chi connectivity index (χ1v) is 6.61. The molecule has 0 aliphatic heterocycles. The van der Waals surface area contributed by atoms with Crippen LogP contribution in [0.15, 0.2) is 18.2 Å². The summed E-state index contributed by atoms with van der Waals surface area (Å²) in [5.41, 5.74) is 6.93. The molecule has 1 aromatic rings. The van der Waals surface area contributed by atoms with E-state index in [0.717, 1.165) is 11.3 Å². The van der Waals surface area contributed by atoms with Gasteiger partial charge in [0.2, 0.25) is 0 Å². The molecular formula is C13H19ClN2OS. The Morgan fingerprint density at radius 3 is 2.67 bits per heavy atom. The molecule has 0 saturated carbocycles. The second kappa shape index (κ2) is 6.36. The molecule has 18 heavy (non-hydrogen) atoms. The summed E-state index contributed by atoms with van der Waals surface area (Å²) < 4.78 is 5.61. The SMILES string of the molecule is CCOC(C)(C)CNc1ccc(C(N)=S)cc1Cl. The topological polar surface area (TPSA) is 47.3 Å². The first-order valence-electron chi connectivity index (χ1n) is 5.83. The molecule has 0 aliphatic carbocycles. The van der Waals surface area contributed by atoms with Crippen LogP contribution in [0.3, 0.4) is 0 Å². The van der Waals surface area contributed by atoms with Crippen LogP contribution in [0.25, 0.3) is 0 Å². The number of thiocarbonyl (C=S) groups is 1. The van der Waals surface area contributed by atoms with Crippen molar-refractivity contribution in [3.05, 3.63) is 28.8 Å². The molecule has 3 nitrogen and oxygen atoms in total. The van der Waals surface area contributed by atoms with Crippen LogP contribution in [-0.2, 0) is 4.74 Å². The summed E-state index contributed by atoms with van der Waals surface area (Å²) >= 11 is 11.1. The molecular weight excluding hydrogens is 268 g/mol. The Morgan fingerprint density at radius 1 is 1.50 bits per heavy atom. The Labute approximate surface area is 119 Å². The molecule has 0 bridgehead atoms. The Hall–Kier alpha value is -0.840. The van der Waals surface area contributed by atoms with Crippen molar-refractivity contribution in [1.82, 2.24) is 0 Å². The number of ether oxygens (including phenoxy) is 1. The van der Waals surface area contributed by atoms with Crippen molar-refractivity contribution in [1.29, 1.82) is 0 Å². The van der Waals surface area contributed by atoms with E-state index in [4.69, 9.17) is 34.3 Å². The highest BCUT2D eigenvalue weighted by Gasteiger charge is 2.17. The number of hydrogen-bond acceptors (Lipinski definition) is 3. The third-order valence-corrected chi connectivity index (χ3v) is 3.04. The van der Waals surface area contributed by atoms with Crippen LogP contribution >= 0.6 is 23.8 Å². The van der Waals surface area contributed by atoms with E-state index in [2.05, 4.69) is 5.32 Å². The summed E-state index contributed by atoms with van der Waals surface area (Å²) in [4.78, 5) is 0.345. The van der Waals surface area contributed by atoms with Gasteiger partial charge >= 0.3 is 0 Å². The van der Waals surface area contributed by atoms with E-state index in [1.54, 1.807) is 6.07 Å². The second-order valence-corrected chi connectivity index (χ2v) is 5.45. The molecule has 0 fully saturated rings. The van der Waals surface area contributed by atoms with Gasteiger partial charge in [0.05, 0.1) is 16.3 Å². The highest BCUT2D eigenvalue weighted by atomic mass is 35.5. The van der Waals surface area contributed by atoms with Crippen molar-refractivity contribution in [3.8, 4) is 0 Å². The second-order valence-electron chi connectivity index (χ2n) is 4.61. The molecule has 0 aromatic heterocycles. The van der Waals surface area contributed by atoms with Gasteiger partial charge in [-0.05, 0) is 39.0 Å². The van der Waals surface area contributed by atoms with Crippen LogP contribution in [0.4, 0.5) is 5.69 Å². The van der Waals surface area contributed by atoms with Gasteiger partial charge in [-0.25, -0.2) is 0 Å². The molecule has 0 atom stereocenters. The summed E-state index contributed by atoms with van der Waals surface area (Å²) in [7, 11) is 0. The lowest BCUT2D eigenvalue weighted by Gasteiger charge is -2.25. The van der Waals surface area contributed by atoms with Gasteiger partial charge < -0.3 is 15.8 Å². The average molecular weight is 287 g/mol. The molecule has 5 heteroatoms. The lowest BCUT2D eigenvalue weighted by atomic mass is 10.1. The van der Waals surface area contributed by atoms with E-state index in [-0.39, 0.29) is 5.60 Å². The van der Waals surface area contributed by atoms with Gasteiger partial charge in [-0.1, -0.05) is 23.8 Å². The fourth-order valence-corrected chi connectivity index (χ4v) is 1.94. The highest BCUT2D eigenvalue weighted by Crippen LogP contribution is 2.24. The third kappa shape index (κ3) is 4.44. The van der Waals surface area contributed by atoms with Gasteiger partial charge in [-0.2, -0.15) is 0 Å². The van der Waals surface area contributed by atoms with Gasteiger partial charge in [-0.3, -0.25) is 0 Å². The standard InChI is InChI=1S/C13H19ClN2OS/c1-4-17-13(2,3)8-16-11-6-5-9(12(15)18)7-10(11)14/h5-7,16H,4,8H2,1-3H3,(H2,15,18). The fourth-order valence-electron chi connectivity index (χ4n) is 1.56. The molecule has 1 aromatic carbocycles. The maximum Gasteiger partial charge on any atom is 0.104 e. The molecule has 0 aliphatic rings. The van der Waals surface area contributed by atoms with Gasteiger partial charge in [0.1, 0.15) is 4.99 Å². The van der Waals surface area contributed by atoms with E-state index < -0.39 is 0 Å². The molecule has 0 saturated heterocycles. The van der Waals surface area contributed by atoms with Crippen molar-refractivity contribution < 1.29 is 4.74 Å². The predicted octanol–water partition coefficient (Wildman–Crippen LogP) is 3.20. The fraction of sp³-hybridized carbons (Fsp3) is 0.462. The van der Waals surface area contributed by atoms with E-state index in [1.165, 1.54) is 0 Å². The highest BCUT2D eigenvalue weighted by molar-refractivity contribution is 7.80. The predicted molar refractivity (Wildman–Crippen MR) is 81.5 cm³/mol. The first-order chi connectivity index (χ1) is 8.35. The maximum atomic E-state index is 6.16. The molecule has 100 valence electrons. The minimum Gasteiger partial charge on any atom is -0.389 e. The van der Waals surface area contributed by atoms with Crippen molar-refractivity contribution in [2.45, 2.75) is 26.4 Å². The number of nitrogens with two attached hydrogens (primary N) is 1. The Kier molecular flexibility index (Phi) is 5.38. The van der Waals surface area contributed by atoms with Crippen molar-refractivity contribution in [2.24, 2.45) is 5.73 Å². The van der Waals surface area contributed by atoms with Gasteiger partial charge in [0.15, 0.2) is 0 Å². The van der Waals surface area contributed by atoms with Gasteiger partial charge in [0.25, 0.3) is 0 Å². The van der Waals surface area contributed by atoms with Crippen LogP contribution < -0.4 is 11.1 Å². The Balaban J connectivity index is 2.71. The molecule has 3 N–H and O–H groups in total. The van der Waals surface area contributed by atoms with Gasteiger partial charge in [0, 0.05) is 18.7 Å². The van der Waals surface area contributed by atoms with Crippen molar-refractivity contribution >= 4 is 34.5 Å². The first kappa shape index (κ1) is 15.2. The van der Waals surface area contributed by atoms with E-state index in [9.17, 15) is 0 Å². The Morgan fingerprint density at radius 2 is 2.17 bits per heavy atom. The zero-order valence-corrected chi connectivity index (χ0v) is 12.5. The smallest absolute Gasteiger partial charge is 0.104 e. The molecule has 0 spiro atoms. The lowest BCUT2D eigenvalue weighted by molar-refractivity contribution is 0.000701. The lowest BCUT2D eigenvalue weighted by Crippen LogP contribution is -2.33. The average Bonchev–Trinajstić information content (AvgIpc) is 2.27. The zero-order chi connectivity index (χ0) is 13.8. The maximum absolute atomic E-state index is 6.16. The summed E-state index contributed by atoms with van der Waals surface area (Å²) in [6, 6.07) is 5.49. The normalized spacial score (nSPS) is 11.3. The number of halogens is 1. The summed E-state index contributed by atoms with van der Waals surface area (Å²) in [5.74, 6) is 0. The van der Waals surface area contributed by atoms with Crippen molar-refractivity contribution in [2.75, 3.05) is 18.5 Å². The molecule has 0 unspecified atom stereocenters. The van der Waals surface area contributed by atoms with Crippen LogP contribution in [0.1, 0.15) is 26.3 Å². The molecule has 0 heterocycles. The zero-order valence-electron chi connectivity index (χ0n) is 10.9. The molecule has 0 amide bonds. The van der Waals surface area contributed by atoms with Gasteiger partial charge in [-0.15, -0.1) is 0 Å². The quantitative estimate of drug-likeness (QED) is 0.789. The minimum atomic E-state index is -0.236. The number of anilines is 1. The molecule has 1 rings (SSSR count). The summed E-state index contributed by atoms with van der Waals surface area (Å²) in [6.07, 6.45) is 0. The Bertz CT molecular complexity index is 435. The van der Waals surface area contributed by atoms with E-state index in [0.29, 0.717) is 23.2 Å². The summed E-state index contributed by atoms with van der Waals surface area (Å²) in [6.45, 7) is 7.39. The number of benzene rings is 1. The van der Waals surface area contributed by atoms with E-state index in [1.807, 2.05) is 32.9 Å². The van der Waals surface area contributed by atoms with Crippen LogP contribution in [-0.4, -0.2) is 23.7 Å². The van der Waals surface area contributed by atoms with Crippen LogP contribution in [0.5, 0.6) is 0 Å². The number of hydrogen-bond donors (Lipinski definition) is 2. The third-order valence-electron chi connectivity index (χ3n) is 2.49. The van der Waals surface area contributed by atoms with E-state index >= 15 is 0 Å². The van der Waals surface area contributed by atoms with Crippen LogP contribution in [0, 0.1) is 0 Å². The largest absolute Gasteiger partial charge is 0.389 e. The number of nitrogens with one attached hydrogen (secondary N) is 1. The van der Waals surface area contributed by atoms with Crippen LogP contribution in [0.2, 0.25) is 5.02 Å². The summed E-state index contributed by atoms with van der Waals surface area (Å²) in [5, 5.41) is 3.87. The minimum absolute atomic E-state index is 0.236.